The number of aromatic amines is 2. The van der Waals surface area contributed by atoms with Gasteiger partial charge in [-0.3, -0.25) is 14.4 Å². The number of imidazole rings is 2. The number of nitrogens with zero attached hydrogens (tertiary/aromatic N) is 2. The lowest BCUT2D eigenvalue weighted by Crippen LogP contribution is -2.58. The number of hydrogen-bond donors (Lipinski definition) is 8. The summed E-state index contributed by atoms with van der Waals surface area (Å²) in [4.78, 5) is 65.3. The highest BCUT2D eigenvalue weighted by Gasteiger charge is 2.32. The second kappa shape index (κ2) is 14.6. The van der Waals surface area contributed by atoms with Gasteiger partial charge >= 0.3 is 5.97 Å². The van der Waals surface area contributed by atoms with Crippen molar-refractivity contribution in [2.45, 2.75) is 63.7 Å². The number of phenolic OH excluding ortho intramolecular Hbond substituents is 1. The third-order valence-corrected chi connectivity index (χ3v) is 6.77. The Labute approximate surface area is 236 Å². The van der Waals surface area contributed by atoms with Gasteiger partial charge in [-0.05, 0) is 23.6 Å². The number of aliphatic carboxylic acids is 1. The summed E-state index contributed by atoms with van der Waals surface area (Å²) < 4.78 is 0. The van der Waals surface area contributed by atoms with Crippen LogP contribution in [0.4, 0.5) is 0 Å². The number of carboxylic acid groups (broad SMARTS) is 1. The number of hydrogen-bond acceptors (Lipinski definition) is 8. The molecule has 3 aromatic rings. The lowest BCUT2D eigenvalue weighted by Gasteiger charge is -2.26. The number of rotatable bonds is 15. The molecule has 3 amide bonds. The highest BCUT2D eigenvalue weighted by molar-refractivity contribution is 5.94. The predicted molar refractivity (Wildman–Crippen MR) is 147 cm³/mol. The molecule has 2 aromatic heterocycles. The number of nitrogens with two attached hydrogens (primary N) is 1. The van der Waals surface area contributed by atoms with Crippen LogP contribution in [-0.4, -0.2) is 78.0 Å². The number of H-pyrrole nitrogens is 2. The van der Waals surface area contributed by atoms with E-state index in [1.54, 1.807) is 12.1 Å². The first-order valence-corrected chi connectivity index (χ1v) is 13.2. The number of nitrogens with one attached hydrogen (secondary N) is 5. The lowest BCUT2D eigenvalue weighted by atomic mass is 9.98. The van der Waals surface area contributed by atoms with Crippen molar-refractivity contribution in [3.05, 3.63) is 66.3 Å². The van der Waals surface area contributed by atoms with Gasteiger partial charge in [-0.25, -0.2) is 14.8 Å². The molecule has 0 spiro atoms. The number of carbonyl (C=O) groups excluding carboxylic acids is 3. The van der Waals surface area contributed by atoms with Gasteiger partial charge in [0.05, 0.1) is 18.7 Å². The third-order valence-electron chi connectivity index (χ3n) is 6.77. The molecule has 14 heteroatoms. The monoisotopic (exact) mass is 568 g/mol. The van der Waals surface area contributed by atoms with Crippen LogP contribution < -0.4 is 21.7 Å². The maximum absolute atomic E-state index is 13.6. The molecule has 41 heavy (non-hydrogen) atoms. The number of carbonyl (C=O) groups is 4. The Kier molecular flexibility index (Phi) is 11.0. The van der Waals surface area contributed by atoms with Gasteiger partial charge in [0.1, 0.15) is 23.9 Å². The molecule has 9 N–H and O–H groups in total. The molecular weight excluding hydrogens is 532 g/mol. The van der Waals surface area contributed by atoms with Gasteiger partial charge < -0.3 is 41.9 Å². The Morgan fingerprint density at radius 2 is 1.32 bits per heavy atom. The summed E-state index contributed by atoms with van der Waals surface area (Å²) in [6, 6.07) is 1.52. The van der Waals surface area contributed by atoms with Gasteiger partial charge in [0.25, 0.3) is 0 Å². The minimum absolute atomic E-state index is 0.0178. The normalized spacial score (nSPS) is 14.7. The van der Waals surface area contributed by atoms with Gasteiger partial charge in [-0.15, -0.1) is 0 Å². The fraction of sp³-hybridized carbons (Fsp3) is 0.407. The van der Waals surface area contributed by atoms with Crippen molar-refractivity contribution in [1.82, 2.24) is 35.9 Å². The number of phenols is 1. The zero-order valence-corrected chi connectivity index (χ0v) is 22.8. The van der Waals surface area contributed by atoms with Crippen molar-refractivity contribution in [1.29, 1.82) is 0 Å². The Hall–Kier alpha value is -4.72. The molecule has 220 valence electrons. The first-order chi connectivity index (χ1) is 19.6. The zero-order chi connectivity index (χ0) is 29.9. The van der Waals surface area contributed by atoms with Crippen LogP contribution in [0.15, 0.2) is 49.3 Å². The molecule has 5 unspecified atom stereocenters. The Morgan fingerprint density at radius 1 is 0.829 bits per heavy atom. The molecule has 0 radical (unpaired) electrons. The zero-order valence-electron chi connectivity index (χ0n) is 22.8. The second-order valence-corrected chi connectivity index (χ2v) is 9.87. The van der Waals surface area contributed by atoms with Crippen molar-refractivity contribution in [3.63, 3.8) is 0 Å². The first-order valence-electron chi connectivity index (χ1n) is 13.2. The standard InChI is InChI=1S/C27H36N8O6/c1-3-15(2)23(28)26(39)34-21(9-17-11-29-13-31-17)25(38)33-20(8-16-4-6-19(36)7-5-16)24(37)35-22(27(40)41)10-18-12-30-14-32-18/h4-7,11-15,20-23,36H,3,8-10,28H2,1-2H3,(H,29,31)(H,30,32)(H,33,38)(H,34,39)(H,35,37)(H,40,41). The first kappa shape index (κ1) is 30.8. The van der Waals surface area contributed by atoms with Gasteiger partial charge in [-0.1, -0.05) is 32.4 Å². The maximum Gasteiger partial charge on any atom is 0.326 e. The van der Waals surface area contributed by atoms with Crippen LogP contribution in [0.2, 0.25) is 0 Å². The Bertz CT molecular complexity index is 1280. The average Bonchev–Trinajstić information content (AvgIpc) is 3.66. The van der Waals surface area contributed by atoms with Crippen molar-refractivity contribution in [2.75, 3.05) is 0 Å². The highest BCUT2D eigenvalue weighted by atomic mass is 16.4. The van der Waals surface area contributed by atoms with Crippen LogP contribution in [0.5, 0.6) is 5.75 Å². The lowest BCUT2D eigenvalue weighted by molar-refractivity contribution is -0.142. The minimum atomic E-state index is -1.31. The predicted octanol–water partition coefficient (Wildman–Crippen LogP) is -0.221. The molecule has 0 saturated heterocycles. The van der Waals surface area contributed by atoms with E-state index in [1.807, 2.05) is 13.8 Å². The molecule has 0 saturated carbocycles. The SMILES string of the molecule is CCC(C)C(N)C(=O)NC(Cc1cnc[nH]1)C(=O)NC(Cc1ccc(O)cc1)C(=O)NC(Cc1cnc[nH]1)C(=O)O. The van der Waals surface area contributed by atoms with Crippen LogP contribution in [0, 0.1) is 5.92 Å². The van der Waals surface area contributed by atoms with Crippen LogP contribution in [0.1, 0.15) is 37.2 Å². The smallest absolute Gasteiger partial charge is 0.326 e. The number of amides is 3. The average molecular weight is 569 g/mol. The molecule has 0 aliphatic heterocycles. The quantitative estimate of drug-likeness (QED) is 0.121. The van der Waals surface area contributed by atoms with Crippen LogP contribution in [0.3, 0.4) is 0 Å². The molecule has 2 heterocycles. The maximum atomic E-state index is 13.6. The summed E-state index contributed by atoms with van der Waals surface area (Å²) >= 11 is 0. The van der Waals surface area contributed by atoms with Gasteiger partial charge in [0.15, 0.2) is 0 Å². The number of carboxylic acids is 1. The highest BCUT2D eigenvalue weighted by Crippen LogP contribution is 2.13. The number of benzene rings is 1. The molecule has 0 fully saturated rings. The molecule has 0 bridgehead atoms. The molecule has 3 rings (SSSR count). The summed E-state index contributed by atoms with van der Waals surface area (Å²) in [6.07, 6.45) is 6.40. The van der Waals surface area contributed by atoms with E-state index in [4.69, 9.17) is 5.73 Å². The summed E-state index contributed by atoms with van der Waals surface area (Å²) in [7, 11) is 0. The van der Waals surface area contributed by atoms with Crippen LogP contribution >= 0.6 is 0 Å². The van der Waals surface area contributed by atoms with E-state index in [9.17, 15) is 29.4 Å². The number of aromatic nitrogens is 4. The van der Waals surface area contributed by atoms with E-state index in [0.717, 1.165) is 0 Å². The van der Waals surface area contributed by atoms with Crippen molar-refractivity contribution in [2.24, 2.45) is 11.7 Å². The van der Waals surface area contributed by atoms with E-state index < -0.39 is 47.9 Å². The molecule has 14 nitrogen and oxygen atoms in total. The molecule has 5 atom stereocenters. The third kappa shape index (κ3) is 9.17. The van der Waals surface area contributed by atoms with E-state index in [2.05, 4.69) is 35.9 Å². The van der Waals surface area contributed by atoms with E-state index in [1.165, 1.54) is 37.2 Å². The molecule has 0 aliphatic carbocycles. The van der Waals surface area contributed by atoms with Crippen LogP contribution in [0.25, 0.3) is 0 Å². The Balaban J connectivity index is 1.83. The fourth-order valence-corrected chi connectivity index (χ4v) is 4.04. The van der Waals surface area contributed by atoms with Gasteiger partial charge in [0.2, 0.25) is 17.7 Å². The summed E-state index contributed by atoms with van der Waals surface area (Å²) in [6.45, 7) is 3.73. The van der Waals surface area contributed by atoms with Crippen LogP contribution in [-0.2, 0) is 38.4 Å². The van der Waals surface area contributed by atoms with Crippen molar-refractivity contribution < 1.29 is 29.4 Å². The van der Waals surface area contributed by atoms with E-state index in [-0.39, 0.29) is 30.9 Å². The molecule has 0 aliphatic rings. The van der Waals surface area contributed by atoms with Crippen molar-refractivity contribution in [3.8, 4) is 5.75 Å². The number of aromatic hydroxyl groups is 1. The van der Waals surface area contributed by atoms with Gasteiger partial charge in [0, 0.05) is 43.0 Å². The topological polar surface area (TPSA) is 228 Å². The molecular formula is C27H36N8O6. The second-order valence-electron chi connectivity index (χ2n) is 9.87. The largest absolute Gasteiger partial charge is 0.508 e. The summed E-state index contributed by atoms with van der Waals surface area (Å²) in [5.74, 6) is -3.34. The van der Waals surface area contributed by atoms with Gasteiger partial charge in [-0.2, -0.15) is 0 Å². The molecule has 1 aromatic carbocycles. The Morgan fingerprint density at radius 3 is 1.80 bits per heavy atom. The summed E-state index contributed by atoms with van der Waals surface area (Å²) in [5.41, 5.74) is 7.74. The fourth-order valence-electron chi connectivity index (χ4n) is 4.04. The van der Waals surface area contributed by atoms with E-state index in [0.29, 0.717) is 23.4 Å². The minimum Gasteiger partial charge on any atom is -0.508 e. The van der Waals surface area contributed by atoms with E-state index >= 15 is 0 Å². The van der Waals surface area contributed by atoms with Crippen molar-refractivity contribution >= 4 is 23.7 Å². The summed E-state index contributed by atoms with van der Waals surface area (Å²) in [5, 5.41) is 27.2.